The fourth-order valence-corrected chi connectivity index (χ4v) is 3.63. The monoisotopic (exact) mass is 510 g/mol. The second kappa shape index (κ2) is 11.7. The number of hydrogen-bond acceptors (Lipinski definition) is 5. The molecule has 0 radical (unpaired) electrons. The standard InChI is InChI=1S/C23H18Cl3FN2O4/c1-31-21-7-2-14(8-15(21)12-32-18-5-3-17(27)4-6-18)11-28-29-22(30)13-33-23-19(25)9-16(24)10-20(23)26/h2-11H,12-13H2,1H3,(H,29,30)/b28-11+. The molecule has 3 aromatic carbocycles. The number of hydrazone groups is 1. The van der Waals surface area contributed by atoms with Gasteiger partial charge in [0.2, 0.25) is 0 Å². The molecule has 0 fully saturated rings. The predicted molar refractivity (Wildman–Crippen MR) is 126 cm³/mol. The van der Waals surface area contributed by atoms with Gasteiger partial charge in [-0.3, -0.25) is 4.79 Å². The van der Waals surface area contributed by atoms with Crippen molar-refractivity contribution in [3.63, 3.8) is 0 Å². The van der Waals surface area contributed by atoms with Crippen molar-refractivity contribution in [1.29, 1.82) is 0 Å². The molecular formula is C23H18Cl3FN2O4. The minimum atomic E-state index is -0.512. The SMILES string of the molecule is COc1ccc(/C=N/NC(=O)COc2c(Cl)cc(Cl)cc2Cl)cc1COc1ccc(F)cc1. The second-order valence-corrected chi connectivity index (χ2v) is 7.85. The Labute approximate surface area is 204 Å². The summed E-state index contributed by atoms with van der Waals surface area (Å²) in [4.78, 5) is 12.0. The van der Waals surface area contributed by atoms with Crippen molar-refractivity contribution in [2.45, 2.75) is 6.61 Å². The maximum atomic E-state index is 13.0. The van der Waals surface area contributed by atoms with Gasteiger partial charge in [0.1, 0.15) is 23.9 Å². The van der Waals surface area contributed by atoms with E-state index in [9.17, 15) is 9.18 Å². The Balaban J connectivity index is 1.57. The number of carbonyl (C=O) groups is 1. The zero-order valence-electron chi connectivity index (χ0n) is 17.3. The van der Waals surface area contributed by atoms with E-state index < -0.39 is 5.91 Å². The number of hydrogen-bond donors (Lipinski definition) is 1. The van der Waals surface area contributed by atoms with Gasteiger partial charge in [0.15, 0.2) is 12.4 Å². The van der Waals surface area contributed by atoms with Crippen molar-refractivity contribution in [1.82, 2.24) is 5.43 Å². The van der Waals surface area contributed by atoms with Gasteiger partial charge in [0.05, 0.1) is 23.4 Å². The number of nitrogens with zero attached hydrogens (tertiary/aromatic N) is 1. The topological polar surface area (TPSA) is 69.2 Å². The van der Waals surface area contributed by atoms with Gasteiger partial charge in [0, 0.05) is 10.6 Å². The van der Waals surface area contributed by atoms with E-state index in [4.69, 9.17) is 49.0 Å². The van der Waals surface area contributed by atoms with Gasteiger partial charge < -0.3 is 14.2 Å². The number of methoxy groups -OCH3 is 1. The normalized spacial score (nSPS) is 10.8. The molecule has 1 N–H and O–H groups in total. The molecule has 0 aliphatic heterocycles. The number of rotatable bonds is 9. The van der Waals surface area contributed by atoms with Crippen molar-refractivity contribution in [3.8, 4) is 17.2 Å². The van der Waals surface area contributed by atoms with Gasteiger partial charge in [-0.25, -0.2) is 9.82 Å². The van der Waals surface area contributed by atoms with E-state index >= 15 is 0 Å². The van der Waals surface area contributed by atoms with Crippen LogP contribution < -0.4 is 19.6 Å². The highest BCUT2D eigenvalue weighted by atomic mass is 35.5. The Morgan fingerprint density at radius 1 is 1.03 bits per heavy atom. The van der Waals surface area contributed by atoms with E-state index in [1.165, 1.54) is 42.6 Å². The molecule has 0 spiro atoms. The van der Waals surface area contributed by atoms with Gasteiger partial charge in [-0.1, -0.05) is 34.8 Å². The van der Waals surface area contributed by atoms with Crippen LogP contribution in [0.15, 0.2) is 59.7 Å². The largest absolute Gasteiger partial charge is 0.496 e. The number of nitrogens with one attached hydrogen (secondary N) is 1. The molecule has 3 aromatic rings. The first-order chi connectivity index (χ1) is 15.9. The summed E-state index contributed by atoms with van der Waals surface area (Å²) in [6, 6.07) is 13.9. The Kier molecular flexibility index (Phi) is 8.77. The number of amides is 1. The molecule has 0 bridgehead atoms. The third-order valence-electron chi connectivity index (χ3n) is 4.23. The lowest BCUT2D eigenvalue weighted by atomic mass is 10.1. The second-order valence-electron chi connectivity index (χ2n) is 6.59. The summed E-state index contributed by atoms with van der Waals surface area (Å²) in [7, 11) is 1.55. The quantitative estimate of drug-likeness (QED) is 0.287. The van der Waals surface area contributed by atoms with E-state index in [2.05, 4.69) is 10.5 Å². The first-order valence-electron chi connectivity index (χ1n) is 9.50. The molecule has 10 heteroatoms. The van der Waals surface area contributed by atoms with Gasteiger partial charge in [0.25, 0.3) is 5.91 Å². The van der Waals surface area contributed by atoms with E-state index in [0.29, 0.717) is 22.1 Å². The Morgan fingerprint density at radius 2 is 1.73 bits per heavy atom. The summed E-state index contributed by atoms with van der Waals surface area (Å²) in [5.41, 5.74) is 3.79. The molecule has 0 saturated heterocycles. The summed E-state index contributed by atoms with van der Waals surface area (Å²) < 4.78 is 29.4. The average molecular weight is 512 g/mol. The third-order valence-corrected chi connectivity index (χ3v) is 5.01. The number of carbonyl (C=O) groups excluding carboxylic acids is 1. The van der Waals surface area contributed by atoms with E-state index in [1.54, 1.807) is 25.3 Å². The summed E-state index contributed by atoms with van der Waals surface area (Å²) in [5, 5.41) is 4.66. The summed E-state index contributed by atoms with van der Waals surface area (Å²) in [6.45, 7) is -0.156. The fraction of sp³-hybridized carbons (Fsp3) is 0.130. The lowest BCUT2D eigenvalue weighted by Crippen LogP contribution is -2.24. The molecule has 0 aromatic heterocycles. The van der Waals surface area contributed by atoms with E-state index in [-0.39, 0.29) is 34.8 Å². The molecule has 3 rings (SSSR count). The zero-order chi connectivity index (χ0) is 23.8. The number of halogens is 4. The molecular weight excluding hydrogens is 494 g/mol. The molecule has 6 nitrogen and oxygen atoms in total. The van der Waals surface area contributed by atoms with Gasteiger partial charge >= 0.3 is 0 Å². The lowest BCUT2D eigenvalue weighted by molar-refractivity contribution is -0.123. The first kappa shape index (κ1) is 24.6. The summed E-state index contributed by atoms with van der Waals surface area (Å²) >= 11 is 17.9. The molecule has 0 aliphatic carbocycles. The van der Waals surface area contributed by atoms with Crippen molar-refractivity contribution in [2.24, 2.45) is 5.10 Å². The molecule has 1 amide bonds. The van der Waals surface area contributed by atoms with Crippen LogP contribution in [0.25, 0.3) is 0 Å². The molecule has 0 saturated carbocycles. The van der Waals surface area contributed by atoms with Crippen LogP contribution in [0, 0.1) is 5.82 Å². The van der Waals surface area contributed by atoms with Gasteiger partial charge in [-0.2, -0.15) is 5.10 Å². The highest BCUT2D eigenvalue weighted by Gasteiger charge is 2.11. The van der Waals surface area contributed by atoms with Crippen LogP contribution in [0.2, 0.25) is 15.1 Å². The van der Waals surface area contributed by atoms with Crippen LogP contribution in [0.4, 0.5) is 4.39 Å². The summed E-state index contributed by atoms with van der Waals surface area (Å²) in [5.74, 6) is 0.434. The van der Waals surface area contributed by atoms with Crippen molar-refractivity contribution >= 4 is 46.9 Å². The molecule has 0 unspecified atom stereocenters. The van der Waals surface area contributed by atoms with Gasteiger partial charge in [-0.05, 0) is 60.2 Å². The maximum Gasteiger partial charge on any atom is 0.277 e. The van der Waals surface area contributed by atoms with Crippen molar-refractivity contribution in [3.05, 3.63) is 86.6 Å². The maximum absolute atomic E-state index is 13.0. The average Bonchev–Trinajstić information content (AvgIpc) is 2.78. The van der Waals surface area contributed by atoms with Crippen LogP contribution in [-0.2, 0) is 11.4 Å². The lowest BCUT2D eigenvalue weighted by Gasteiger charge is -2.11. The predicted octanol–water partition coefficient (Wildman–Crippen LogP) is 5.90. The van der Waals surface area contributed by atoms with Gasteiger partial charge in [-0.15, -0.1) is 0 Å². The van der Waals surface area contributed by atoms with Crippen molar-refractivity contribution in [2.75, 3.05) is 13.7 Å². The van der Waals surface area contributed by atoms with Crippen LogP contribution in [-0.4, -0.2) is 25.8 Å². The van der Waals surface area contributed by atoms with E-state index in [0.717, 1.165) is 5.56 Å². The fourth-order valence-electron chi connectivity index (χ4n) is 2.70. The number of ether oxygens (including phenoxy) is 3. The molecule has 33 heavy (non-hydrogen) atoms. The summed E-state index contributed by atoms with van der Waals surface area (Å²) in [6.07, 6.45) is 1.46. The Morgan fingerprint density at radius 3 is 2.39 bits per heavy atom. The third kappa shape index (κ3) is 7.25. The molecule has 0 aliphatic rings. The smallest absolute Gasteiger partial charge is 0.277 e. The first-order valence-corrected chi connectivity index (χ1v) is 10.6. The van der Waals surface area contributed by atoms with E-state index in [1.807, 2.05) is 0 Å². The number of benzene rings is 3. The Hall–Kier alpha value is -3.00. The van der Waals surface area contributed by atoms with Crippen LogP contribution >= 0.6 is 34.8 Å². The highest BCUT2D eigenvalue weighted by molar-refractivity contribution is 6.40. The van der Waals surface area contributed by atoms with Crippen molar-refractivity contribution < 1.29 is 23.4 Å². The zero-order valence-corrected chi connectivity index (χ0v) is 19.5. The minimum Gasteiger partial charge on any atom is -0.496 e. The molecule has 0 atom stereocenters. The van der Waals surface area contributed by atoms with Crippen LogP contribution in [0.3, 0.4) is 0 Å². The van der Waals surface area contributed by atoms with Crippen LogP contribution in [0.5, 0.6) is 17.2 Å². The minimum absolute atomic E-state index is 0.155. The molecule has 172 valence electrons. The van der Waals surface area contributed by atoms with Crippen LogP contribution in [0.1, 0.15) is 11.1 Å². The Bertz CT molecular complexity index is 1130. The highest BCUT2D eigenvalue weighted by Crippen LogP contribution is 2.35. The molecule has 0 heterocycles.